The molecule has 0 atom stereocenters. The molecule has 1 fully saturated rings. The van der Waals surface area contributed by atoms with E-state index >= 15 is 0 Å². The summed E-state index contributed by atoms with van der Waals surface area (Å²) in [5.74, 6) is 0.117. The van der Waals surface area contributed by atoms with Gasteiger partial charge in [0.1, 0.15) is 17.3 Å². The fraction of sp³-hybridized carbons (Fsp3) is 0.438. The van der Waals surface area contributed by atoms with E-state index in [9.17, 15) is 4.39 Å². The van der Waals surface area contributed by atoms with Gasteiger partial charge in [-0.05, 0) is 52.8 Å². The van der Waals surface area contributed by atoms with Crippen molar-refractivity contribution >= 4 is 24.2 Å². The van der Waals surface area contributed by atoms with Crippen LogP contribution < -0.4 is 5.46 Å². The van der Waals surface area contributed by atoms with Crippen molar-refractivity contribution in [3.8, 4) is 11.3 Å². The molecule has 1 aliphatic rings. The molecule has 0 aliphatic carbocycles. The molecular weight excluding hydrogens is 319 g/mol. The zero-order chi connectivity index (χ0) is 17.0. The van der Waals surface area contributed by atoms with Crippen molar-refractivity contribution in [3.05, 3.63) is 34.8 Å². The van der Waals surface area contributed by atoms with E-state index in [1.165, 1.54) is 12.1 Å². The molecule has 1 saturated heterocycles. The maximum atomic E-state index is 13.4. The number of aromatic nitrogens is 1. The first kappa shape index (κ1) is 16.5. The molecule has 2 heterocycles. The summed E-state index contributed by atoms with van der Waals surface area (Å²) in [4.78, 5) is 0. The molecule has 0 saturated carbocycles. The van der Waals surface area contributed by atoms with E-state index in [1.807, 2.05) is 27.7 Å². The van der Waals surface area contributed by atoms with Gasteiger partial charge in [0.05, 0.1) is 21.7 Å². The summed E-state index contributed by atoms with van der Waals surface area (Å²) in [6.45, 7) is 9.70. The molecule has 4 nitrogen and oxygen atoms in total. The van der Waals surface area contributed by atoms with E-state index < -0.39 is 24.1 Å². The Labute approximate surface area is 140 Å². The lowest BCUT2D eigenvalue weighted by atomic mass is 9.76. The average molecular weight is 338 g/mol. The molecule has 1 aromatic heterocycles. The Morgan fingerprint density at radius 2 is 1.74 bits per heavy atom. The van der Waals surface area contributed by atoms with Crippen LogP contribution in [-0.2, 0) is 9.31 Å². The highest BCUT2D eigenvalue weighted by Crippen LogP contribution is 2.37. The summed E-state index contributed by atoms with van der Waals surface area (Å²) in [6, 6.07) is 4.42. The minimum atomic E-state index is -0.606. The van der Waals surface area contributed by atoms with Crippen LogP contribution >= 0.6 is 11.6 Å². The van der Waals surface area contributed by atoms with E-state index in [0.717, 1.165) is 0 Å². The minimum absolute atomic E-state index is 0.0306. The van der Waals surface area contributed by atoms with Crippen molar-refractivity contribution in [2.45, 2.75) is 45.8 Å². The Balaban J connectivity index is 2.05. The predicted molar refractivity (Wildman–Crippen MR) is 87.4 cm³/mol. The van der Waals surface area contributed by atoms with E-state index in [2.05, 4.69) is 5.16 Å². The van der Waals surface area contributed by atoms with Crippen LogP contribution in [0.3, 0.4) is 0 Å². The summed E-state index contributed by atoms with van der Waals surface area (Å²) < 4.78 is 30.9. The van der Waals surface area contributed by atoms with Crippen molar-refractivity contribution in [2.24, 2.45) is 0 Å². The molecule has 1 aromatic carbocycles. The lowest BCUT2D eigenvalue weighted by Gasteiger charge is -2.32. The van der Waals surface area contributed by atoms with Crippen LogP contribution in [0, 0.1) is 12.7 Å². The number of hydrogen-bond donors (Lipinski definition) is 0. The van der Waals surface area contributed by atoms with Crippen molar-refractivity contribution in [2.75, 3.05) is 0 Å². The van der Waals surface area contributed by atoms with Crippen LogP contribution in [0.4, 0.5) is 4.39 Å². The van der Waals surface area contributed by atoms with Crippen molar-refractivity contribution in [3.63, 3.8) is 0 Å². The fourth-order valence-electron chi connectivity index (χ4n) is 2.47. The van der Waals surface area contributed by atoms with Crippen molar-refractivity contribution in [1.82, 2.24) is 5.16 Å². The molecule has 0 radical (unpaired) electrons. The Hall–Kier alpha value is -1.37. The van der Waals surface area contributed by atoms with Crippen molar-refractivity contribution < 1.29 is 18.2 Å². The van der Waals surface area contributed by atoms with Crippen LogP contribution in [0.1, 0.15) is 33.5 Å². The van der Waals surface area contributed by atoms with Gasteiger partial charge < -0.3 is 13.8 Å². The first-order valence-electron chi connectivity index (χ1n) is 7.39. The third kappa shape index (κ3) is 2.69. The van der Waals surface area contributed by atoms with Gasteiger partial charge in [0.2, 0.25) is 0 Å². The van der Waals surface area contributed by atoms with E-state index in [4.69, 9.17) is 25.4 Å². The van der Waals surface area contributed by atoms with Crippen LogP contribution in [0.25, 0.3) is 11.3 Å². The number of rotatable bonds is 2. The molecule has 122 valence electrons. The van der Waals surface area contributed by atoms with Gasteiger partial charge in [-0.15, -0.1) is 0 Å². The standard InChI is InChI=1S/C16H18BClFNO3/c1-9-13(17-22-15(2,3)16(4,5)23-17)14(20-21-9)10-6-7-12(19)11(18)8-10/h6-8H,1-5H3. The van der Waals surface area contributed by atoms with Gasteiger partial charge in [-0.3, -0.25) is 0 Å². The summed E-state index contributed by atoms with van der Waals surface area (Å²) in [5, 5.41) is 4.11. The Morgan fingerprint density at radius 3 is 2.30 bits per heavy atom. The van der Waals surface area contributed by atoms with Gasteiger partial charge in [0, 0.05) is 5.56 Å². The lowest BCUT2D eigenvalue weighted by molar-refractivity contribution is 0.00578. The van der Waals surface area contributed by atoms with Gasteiger partial charge in [-0.25, -0.2) is 4.39 Å². The summed E-state index contributed by atoms with van der Waals surface area (Å²) in [5.41, 5.74) is 0.949. The second-order valence-corrected chi connectivity index (χ2v) is 7.13. The van der Waals surface area contributed by atoms with Crippen molar-refractivity contribution in [1.29, 1.82) is 0 Å². The average Bonchev–Trinajstić information content (AvgIpc) is 2.91. The Bertz CT molecular complexity index is 744. The first-order chi connectivity index (χ1) is 10.6. The summed E-state index contributed by atoms with van der Waals surface area (Å²) in [6.07, 6.45) is 0. The number of nitrogens with zero attached hydrogens (tertiary/aromatic N) is 1. The van der Waals surface area contributed by atoms with Gasteiger partial charge in [0.25, 0.3) is 0 Å². The SMILES string of the molecule is Cc1onc(-c2ccc(F)c(Cl)c2)c1B1OC(C)(C)C(C)(C)O1. The van der Waals surface area contributed by atoms with Gasteiger partial charge in [-0.2, -0.15) is 0 Å². The second kappa shape index (κ2) is 5.33. The predicted octanol–water partition coefficient (Wildman–Crippen LogP) is 3.74. The van der Waals surface area contributed by atoms with Crippen LogP contribution in [0.15, 0.2) is 22.7 Å². The Morgan fingerprint density at radius 1 is 1.13 bits per heavy atom. The first-order valence-corrected chi connectivity index (χ1v) is 7.77. The maximum absolute atomic E-state index is 13.4. The number of benzene rings is 1. The smallest absolute Gasteiger partial charge is 0.399 e. The normalized spacial score (nSPS) is 19.3. The zero-order valence-electron chi connectivity index (χ0n) is 13.7. The van der Waals surface area contributed by atoms with E-state index in [-0.39, 0.29) is 5.02 Å². The highest BCUT2D eigenvalue weighted by Gasteiger charge is 2.53. The quantitative estimate of drug-likeness (QED) is 0.783. The highest BCUT2D eigenvalue weighted by molar-refractivity contribution is 6.64. The molecule has 7 heteroatoms. The second-order valence-electron chi connectivity index (χ2n) is 6.72. The highest BCUT2D eigenvalue weighted by atomic mass is 35.5. The number of aryl methyl sites for hydroxylation is 1. The monoisotopic (exact) mass is 337 g/mol. The van der Waals surface area contributed by atoms with Crippen LogP contribution in [0.5, 0.6) is 0 Å². The molecule has 3 rings (SSSR count). The molecule has 2 aromatic rings. The van der Waals surface area contributed by atoms with Crippen LogP contribution in [0.2, 0.25) is 5.02 Å². The molecule has 23 heavy (non-hydrogen) atoms. The van der Waals surface area contributed by atoms with Gasteiger partial charge in [-0.1, -0.05) is 16.8 Å². The molecule has 1 aliphatic heterocycles. The Kier molecular flexibility index (Phi) is 3.82. The summed E-state index contributed by atoms with van der Waals surface area (Å²) >= 11 is 5.88. The van der Waals surface area contributed by atoms with Gasteiger partial charge in [0.15, 0.2) is 0 Å². The minimum Gasteiger partial charge on any atom is -0.399 e. The van der Waals surface area contributed by atoms with Gasteiger partial charge >= 0.3 is 7.12 Å². The zero-order valence-corrected chi connectivity index (χ0v) is 14.5. The molecule has 0 N–H and O–H groups in total. The van der Waals surface area contributed by atoms with Crippen LogP contribution in [-0.4, -0.2) is 23.5 Å². The third-order valence-electron chi connectivity index (χ3n) is 4.59. The maximum Gasteiger partial charge on any atom is 0.500 e. The lowest BCUT2D eigenvalue weighted by Crippen LogP contribution is -2.41. The third-order valence-corrected chi connectivity index (χ3v) is 4.88. The largest absolute Gasteiger partial charge is 0.500 e. The van der Waals surface area contributed by atoms with E-state index in [1.54, 1.807) is 13.0 Å². The molecular formula is C16H18BClFNO3. The fourth-order valence-corrected chi connectivity index (χ4v) is 2.65. The number of halogens is 2. The molecule has 0 spiro atoms. The molecule has 0 unspecified atom stereocenters. The van der Waals surface area contributed by atoms with E-state index in [0.29, 0.717) is 22.5 Å². The number of hydrogen-bond acceptors (Lipinski definition) is 4. The topological polar surface area (TPSA) is 44.5 Å². The molecule has 0 bridgehead atoms. The molecule has 0 amide bonds. The summed E-state index contributed by atoms with van der Waals surface area (Å²) in [7, 11) is -0.606.